The van der Waals surface area contributed by atoms with E-state index >= 15 is 0 Å². The minimum Gasteiger partial charge on any atom is -0.310 e. The Labute approximate surface area is 123 Å². The molecule has 0 aromatic carbocycles. The summed E-state index contributed by atoms with van der Waals surface area (Å²) in [6.45, 7) is 6.42. The van der Waals surface area contributed by atoms with Crippen molar-refractivity contribution in [2.75, 3.05) is 0 Å². The number of aromatic nitrogens is 4. The molecule has 0 amide bonds. The van der Waals surface area contributed by atoms with Gasteiger partial charge in [-0.2, -0.15) is 13.9 Å². The van der Waals surface area contributed by atoms with E-state index in [0.29, 0.717) is 11.9 Å². The maximum Gasteiger partial charge on any atom is 0.319 e. The Bertz CT molecular complexity index is 601. The van der Waals surface area contributed by atoms with Gasteiger partial charge < -0.3 is 5.32 Å². The average molecular weight is 297 g/mol. The molecular formula is C14H21F2N5. The molecule has 0 fully saturated rings. The van der Waals surface area contributed by atoms with Crippen molar-refractivity contribution in [1.29, 1.82) is 0 Å². The first kappa shape index (κ1) is 15.6. The second-order valence-corrected chi connectivity index (χ2v) is 5.37. The van der Waals surface area contributed by atoms with Crippen LogP contribution in [-0.4, -0.2) is 25.4 Å². The van der Waals surface area contributed by atoms with Gasteiger partial charge >= 0.3 is 6.55 Å². The average Bonchev–Trinajstić information content (AvgIpc) is 2.94. The normalized spacial score (nSPS) is 11.8. The Morgan fingerprint density at radius 1 is 1.29 bits per heavy atom. The second kappa shape index (κ2) is 6.34. The number of nitrogens with one attached hydrogen (secondary N) is 1. The SMILES string of the molecule is Cc1nn(Cc2nccn2C(F)F)c(C)c1CNC(C)C. The molecule has 0 aliphatic heterocycles. The smallest absolute Gasteiger partial charge is 0.310 e. The van der Waals surface area contributed by atoms with E-state index in [1.165, 1.54) is 12.4 Å². The molecule has 0 bridgehead atoms. The number of halogens is 2. The number of nitrogens with zero attached hydrogens (tertiary/aromatic N) is 4. The van der Waals surface area contributed by atoms with E-state index in [1.54, 1.807) is 4.68 Å². The largest absolute Gasteiger partial charge is 0.319 e. The molecule has 0 unspecified atom stereocenters. The summed E-state index contributed by atoms with van der Waals surface area (Å²) in [5.74, 6) is 0.305. The van der Waals surface area contributed by atoms with Crippen LogP contribution >= 0.6 is 0 Å². The van der Waals surface area contributed by atoms with Crippen LogP contribution in [0.3, 0.4) is 0 Å². The third kappa shape index (κ3) is 3.47. The maximum atomic E-state index is 12.8. The highest BCUT2D eigenvalue weighted by molar-refractivity contribution is 5.24. The molecule has 2 rings (SSSR count). The zero-order valence-electron chi connectivity index (χ0n) is 12.8. The monoisotopic (exact) mass is 297 g/mol. The maximum absolute atomic E-state index is 12.8. The molecule has 1 N–H and O–H groups in total. The van der Waals surface area contributed by atoms with Crippen molar-refractivity contribution >= 4 is 0 Å². The van der Waals surface area contributed by atoms with E-state index in [1.807, 2.05) is 13.8 Å². The number of aryl methyl sites for hydroxylation is 1. The van der Waals surface area contributed by atoms with Gasteiger partial charge in [-0.15, -0.1) is 0 Å². The van der Waals surface area contributed by atoms with E-state index in [2.05, 4.69) is 29.2 Å². The molecule has 5 nitrogen and oxygen atoms in total. The zero-order valence-corrected chi connectivity index (χ0v) is 12.8. The molecule has 0 radical (unpaired) electrons. The summed E-state index contributed by atoms with van der Waals surface area (Å²) in [5, 5.41) is 7.79. The van der Waals surface area contributed by atoms with Gasteiger partial charge in [-0.1, -0.05) is 13.8 Å². The van der Waals surface area contributed by atoms with Crippen LogP contribution in [0, 0.1) is 13.8 Å². The van der Waals surface area contributed by atoms with Gasteiger partial charge in [0.15, 0.2) is 0 Å². The lowest BCUT2D eigenvalue weighted by Gasteiger charge is -2.10. The number of alkyl halides is 2. The van der Waals surface area contributed by atoms with Crippen molar-refractivity contribution in [2.45, 2.75) is 53.4 Å². The summed E-state index contributed by atoms with van der Waals surface area (Å²) in [7, 11) is 0. The van der Waals surface area contributed by atoms with Crippen LogP contribution in [0.5, 0.6) is 0 Å². The van der Waals surface area contributed by atoms with Gasteiger partial charge in [0.2, 0.25) is 0 Å². The van der Waals surface area contributed by atoms with Crippen molar-refractivity contribution < 1.29 is 8.78 Å². The molecule has 116 valence electrons. The third-order valence-corrected chi connectivity index (χ3v) is 3.47. The molecule has 0 saturated heterocycles. The predicted molar refractivity (Wildman–Crippen MR) is 76.3 cm³/mol. The molecule has 2 heterocycles. The molecule has 0 spiro atoms. The van der Waals surface area contributed by atoms with E-state index in [-0.39, 0.29) is 6.54 Å². The van der Waals surface area contributed by atoms with E-state index in [0.717, 1.165) is 28.1 Å². The van der Waals surface area contributed by atoms with E-state index < -0.39 is 6.55 Å². The Morgan fingerprint density at radius 2 is 2.00 bits per heavy atom. The lowest BCUT2D eigenvalue weighted by molar-refractivity contribution is 0.0665. The van der Waals surface area contributed by atoms with Crippen LogP contribution in [0.4, 0.5) is 8.78 Å². The van der Waals surface area contributed by atoms with Crippen LogP contribution in [0.15, 0.2) is 12.4 Å². The predicted octanol–water partition coefficient (Wildman–Crippen LogP) is 2.64. The summed E-state index contributed by atoms with van der Waals surface area (Å²) in [6.07, 6.45) is 2.67. The van der Waals surface area contributed by atoms with E-state index in [9.17, 15) is 8.78 Å². The van der Waals surface area contributed by atoms with Gasteiger partial charge in [-0.3, -0.25) is 9.25 Å². The molecular weight excluding hydrogens is 276 g/mol. The summed E-state index contributed by atoms with van der Waals surface area (Å²) < 4.78 is 28.3. The lowest BCUT2D eigenvalue weighted by Crippen LogP contribution is -2.22. The standard InChI is InChI=1S/C14H21F2N5/c1-9(2)18-7-12-10(3)19-21(11(12)4)8-13-17-5-6-20(13)14(15)16/h5-6,9,14,18H,7-8H2,1-4H3. The van der Waals surface area contributed by atoms with Crippen LogP contribution in [0.2, 0.25) is 0 Å². The lowest BCUT2D eigenvalue weighted by atomic mass is 10.2. The van der Waals surface area contributed by atoms with Gasteiger partial charge in [0.1, 0.15) is 5.82 Å². The molecule has 21 heavy (non-hydrogen) atoms. The Morgan fingerprint density at radius 3 is 2.62 bits per heavy atom. The third-order valence-electron chi connectivity index (χ3n) is 3.47. The topological polar surface area (TPSA) is 47.7 Å². The number of hydrogen-bond acceptors (Lipinski definition) is 3. The summed E-state index contributed by atoms with van der Waals surface area (Å²) in [6, 6.07) is 0.380. The minimum atomic E-state index is -2.58. The van der Waals surface area contributed by atoms with Crippen molar-refractivity contribution in [1.82, 2.24) is 24.6 Å². The fourth-order valence-electron chi connectivity index (χ4n) is 2.23. The van der Waals surface area contributed by atoms with Gasteiger partial charge in [-0.05, 0) is 13.8 Å². The first-order valence-electron chi connectivity index (χ1n) is 6.96. The van der Waals surface area contributed by atoms with E-state index in [4.69, 9.17) is 0 Å². The Kier molecular flexibility index (Phi) is 4.72. The van der Waals surface area contributed by atoms with Gasteiger partial charge in [-0.25, -0.2) is 4.98 Å². The van der Waals surface area contributed by atoms with Gasteiger partial charge in [0, 0.05) is 36.2 Å². The fourth-order valence-corrected chi connectivity index (χ4v) is 2.23. The number of imidazole rings is 1. The van der Waals surface area contributed by atoms with Gasteiger partial charge in [0.05, 0.1) is 12.2 Å². The van der Waals surface area contributed by atoms with Crippen LogP contribution in [-0.2, 0) is 13.1 Å². The Hall–Kier alpha value is -1.76. The zero-order chi connectivity index (χ0) is 15.6. The van der Waals surface area contributed by atoms with Gasteiger partial charge in [0.25, 0.3) is 0 Å². The molecule has 0 aliphatic rings. The first-order valence-corrected chi connectivity index (χ1v) is 6.96. The minimum absolute atomic E-state index is 0.242. The molecule has 0 saturated carbocycles. The Balaban J connectivity index is 2.21. The highest BCUT2D eigenvalue weighted by atomic mass is 19.3. The molecule has 2 aromatic rings. The summed E-state index contributed by atoms with van der Waals surface area (Å²) in [4.78, 5) is 3.99. The molecule has 0 aliphatic carbocycles. The summed E-state index contributed by atoms with van der Waals surface area (Å²) >= 11 is 0. The highest BCUT2D eigenvalue weighted by Crippen LogP contribution is 2.17. The van der Waals surface area contributed by atoms with Crippen LogP contribution in [0.1, 0.15) is 43.2 Å². The van der Waals surface area contributed by atoms with Crippen molar-refractivity contribution in [3.8, 4) is 0 Å². The van der Waals surface area contributed by atoms with Crippen molar-refractivity contribution in [3.63, 3.8) is 0 Å². The van der Waals surface area contributed by atoms with Crippen molar-refractivity contribution in [3.05, 3.63) is 35.2 Å². The molecule has 0 atom stereocenters. The first-order chi connectivity index (χ1) is 9.90. The van der Waals surface area contributed by atoms with Crippen molar-refractivity contribution in [2.24, 2.45) is 0 Å². The quantitative estimate of drug-likeness (QED) is 0.891. The summed E-state index contributed by atoms with van der Waals surface area (Å²) in [5.41, 5.74) is 3.00. The number of hydrogen-bond donors (Lipinski definition) is 1. The highest BCUT2D eigenvalue weighted by Gasteiger charge is 2.16. The molecule has 7 heteroatoms. The fraction of sp³-hybridized carbons (Fsp3) is 0.571. The van der Waals surface area contributed by atoms with Crippen LogP contribution in [0.25, 0.3) is 0 Å². The number of rotatable bonds is 6. The molecule has 2 aromatic heterocycles. The van der Waals surface area contributed by atoms with Crippen LogP contribution < -0.4 is 5.32 Å². The second-order valence-electron chi connectivity index (χ2n) is 5.37.